The van der Waals surface area contributed by atoms with E-state index >= 15 is 0 Å². The number of hydrogen-bond acceptors (Lipinski definition) is 5. The first-order valence-corrected chi connectivity index (χ1v) is 12.2. The smallest absolute Gasteiger partial charge is 0.243 e. The van der Waals surface area contributed by atoms with Crippen LogP contribution in [0.1, 0.15) is 36.4 Å². The van der Waals surface area contributed by atoms with Crippen LogP contribution in [-0.2, 0) is 21.4 Å². The second kappa shape index (κ2) is 9.38. The van der Waals surface area contributed by atoms with Crippen LogP contribution in [0.4, 0.5) is 5.69 Å². The Hall–Kier alpha value is -1.74. The van der Waals surface area contributed by atoms with Crippen LogP contribution >= 0.6 is 11.3 Å². The summed E-state index contributed by atoms with van der Waals surface area (Å²) in [5.41, 5.74) is 0.506. The average molecular weight is 436 g/mol. The molecule has 1 fully saturated rings. The first-order chi connectivity index (χ1) is 13.8. The van der Waals surface area contributed by atoms with E-state index in [1.807, 2.05) is 0 Å². The summed E-state index contributed by atoms with van der Waals surface area (Å²) in [5, 5.41) is 2.86. The number of benzene rings is 1. The maximum atomic E-state index is 12.8. The standard InChI is InChI=1S/C21H29N3O3S2/c1-16(2)23(14-19-10-9-17(3)28-19)15-21(25)22-18-7-6-8-20(13-18)29(26,27)24-11-4-5-12-24/h6-10,13,16H,4-5,11-12,14-15H2,1-3H3,(H,22,25). The van der Waals surface area contributed by atoms with Gasteiger partial charge < -0.3 is 5.32 Å². The Morgan fingerprint density at radius 2 is 1.93 bits per heavy atom. The Balaban J connectivity index is 1.66. The van der Waals surface area contributed by atoms with Gasteiger partial charge in [0.1, 0.15) is 0 Å². The predicted octanol–water partition coefficient (Wildman–Crippen LogP) is 3.69. The highest BCUT2D eigenvalue weighted by Crippen LogP contribution is 2.23. The molecule has 8 heteroatoms. The van der Waals surface area contributed by atoms with Crippen molar-refractivity contribution >= 4 is 33.0 Å². The molecule has 0 spiro atoms. The van der Waals surface area contributed by atoms with E-state index in [1.165, 1.54) is 14.1 Å². The highest BCUT2D eigenvalue weighted by Gasteiger charge is 2.27. The van der Waals surface area contributed by atoms with Gasteiger partial charge in [-0.3, -0.25) is 9.69 Å². The van der Waals surface area contributed by atoms with Crippen LogP contribution in [0.3, 0.4) is 0 Å². The minimum absolute atomic E-state index is 0.150. The number of carbonyl (C=O) groups is 1. The van der Waals surface area contributed by atoms with Gasteiger partial charge in [-0.2, -0.15) is 4.31 Å². The van der Waals surface area contributed by atoms with E-state index in [1.54, 1.807) is 35.6 Å². The first kappa shape index (κ1) is 22.0. The first-order valence-electron chi connectivity index (χ1n) is 9.95. The largest absolute Gasteiger partial charge is 0.325 e. The Bertz CT molecular complexity index is 948. The minimum Gasteiger partial charge on any atom is -0.325 e. The summed E-state index contributed by atoms with van der Waals surface area (Å²) in [6.45, 7) is 8.29. The van der Waals surface area contributed by atoms with Gasteiger partial charge in [0.25, 0.3) is 0 Å². The third-order valence-electron chi connectivity index (χ3n) is 5.05. The maximum Gasteiger partial charge on any atom is 0.243 e. The topological polar surface area (TPSA) is 69.7 Å². The van der Waals surface area contributed by atoms with Crippen molar-refractivity contribution in [2.45, 2.75) is 51.1 Å². The lowest BCUT2D eigenvalue weighted by Crippen LogP contribution is -2.37. The summed E-state index contributed by atoms with van der Waals surface area (Å²) in [6.07, 6.45) is 1.79. The summed E-state index contributed by atoms with van der Waals surface area (Å²) in [5.74, 6) is -0.150. The summed E-state index contributed by atoms with van der Waals surface area (Å²) < 4.78 is 27.0. The molecule has 1 aliphatic rings. The molecule has 1 saturated heterocycles. The quantitative estimate of drug-likeness (QED) is 0.687. The highest BCUT2D eigenvalue weighted by molar-refractivity contribution is 7.89. The van der Waals surface area contributed by atoms with E-state index in [9.17, 15) is 13.2 Å². The van der Waals surface area contributed by atoms with Gasteiger partial charge in [-0.25, -0.2) is 8.42 Å². The molecule has 2 aromatic rings. The Labute approximate surface area is 177 Å². The van der Waals surface area contributed by atoms with Crippen LogP contribution in [-0.4, -0.2) is 49.2 Å². The molecular weight excluding hydrogens is 406 g/mol. The third-order valence-corrected chi connectivity index (χ3v) is 7.93. The van der Waals surface area contributed by atoms with Crippen molar-refractivity contribution in [2.75, 3.05) is 25.0 Å². The minimum atomic E-state index is -3.50. The Morgan fingerprint density at radius 1 is 1.21 bits per heavy atom. The van der Waals surface area contributed by atoms with Crippen LogP contribution in [0.15, 0.2) is 41.3 Å². The summed E-state index contributed by atoms with van der Waals surface area (Å²) in [6, 6.07) is 10.9. The van der Waals surface area contributed by atoms with Gasteiger partial charge in [-0.1, -0.05) is 6.07 Å². The van der Waals surface area contributed by atoms with Crippen LogP contribution in [0.5, 0.6) is 0 Å². The lowest BCUT2D eigenvalue weighted by Gasteiger charge is -2.25. The van der Waals surface area contributed by atoms with E-state index in [-0.39, 0.29) is 23.4 Å². The Kier molecular flexibility index (Phi) is 7.10. The van der Waals surface area contributed by atoms with Crippen molar-refractivity contribution in [1.29, 1.82) is 0 Å². The van der Waals surface area contributed by atoms with Crippen molar-refractivity contribution < 1.29 is 13.2 Å². The molecule has 0 saturated carbocycles. The lowest BCUT2D eigenvalue weighted by molar-refractivity contribution is -0.117. The Morgan fingerprint density at radius 3 is 2.55 bits per heavy atom. The molecule has 158 valence electrons. The molecule has 0 atom stereocenters. The fourth-order valence-corrected chi connectivity index (χ4v) is 5.87. The van der Waals surface area contributed by atoms with Crippen molar-refractivity contribution in [1.82, 2.24) is 9.21 Å². The van der Waals surface area contributed by atoms with Crippen molar-refractivity contribution in [3.05, 3.63) is 46.2 Å². The zero-order valence-corrected chi connectivity index (χ0v) is 18.9. The number of anilines is 1. The summed E-state index contributed by atoms with van der Waals surface area (Å²) in [4.78, 5) is 17.4. The number of nitrogens with zero attached hydrogens (tertiary/aromatic N) is 2. The molecule has 0 bridgehead atoms. The number of aryl methyl sites for hydroxylation is 1. The molecule has 2 heterocycles. The van der Waals surface area contributed by atoms with Gasteiger partial charge in [0.05, 0.1) is 11.4 Å². The number of amides is 1. The van der Waals surface area contributed by atoms with Crippen molar-refractivity contribution in [3.63, 3.8) is 0 Å². The van der Waals surface area contributed by atoms with E-state index in [0.29, 0.717) is 25.3 Å². The number of hydrogen-bond donors (Lipinski definition) is 1. The molecule has 0 radical (unpaired) electrons. The number of rotatable bonds is 8. The number of carbonyl (C=O) groups excluding carboxylic acids is 1. The maximum absolute atomic E-state index is 12.8. The second-order valence-electron chi connectivity index (χ2n) is 7.70. The lowest BCUT2D eigenvalue weighted by atomic mass is 10.2. The molecule has 1 aromatic heterocycles. The second-order valence-corrected chi connectivity index (χ2v) is 11.0. The van der Waals surface area contributed by atoms with Crippen LogP contribution in [0, 0.1) is 6.92 Å². The molecular formula is C21H29N3O3S2. The zero-order chi connectivity index (χ0) is 21.0. The molecule has 1 N–H and O–H groups in total. The SMILES string of the molecule is Cc1ccc(CN(CC(=O)Nc2cccc(S(=O)(=O)N3CCCC3)c2)C(C)C)s1. The monoisotopic (exact) mass is 435 g/mol. The molecule has 0 aliphatic carbocycles. The molecule has 0 unspecified atom stereocenters. The van der Waals surface area contributed by atoms with Crippen LogP contribution in [0.2, 0.25) is 0 Å². The molecule has 29 heavy (non-hydrogen) atoms. The average Bonchev–Trinajstić information content (AvgIpc) is 3.33. The van der Waals surface area contributed by atoms with Crippen molar-refractivity contribution in [2.24, 2.45) is 0 Å². The van der Waals surface area contributed by atoms with E-state index in [0.717, 1.165) is 12.8 Å². The van der Waals surface area contributed by atoms with Crippen molar-refractivity contribution in [3.8, 4) is 0 Å². The third kappa shape index (κ3) is 5.66. The van der Waals surface area contributed by atoms with Gasteiger partial charge in [-0.05, 0) is 63.9 Å². The van der Waals surface area contributed by atoms with E-state index < -0.39 is 10.0 Å². The summed E-state index contributed by atoms with van der Waals surface area (Å²) >= 11 is 1.74. The fraction of sp³-hybridized carbons (Fsp3) is 0.476. The van der Waals surface area contributed by atoms with Gasteiger partial charge >= 0.3 is 0 Å². The van der Waals surface area contributed by atoms with Gasteiger partial charge in [0, 0.05) is 41.1 Å². The van der Waals surface area contributed by atoms with E-state index in [4.69, 9.17) is 0 Å². The molecule has 1 aliphatic heterocycles. The van der Waals surface area contributed by atoms with Gasteiger partial charge in [0.2, 0.25) is 15.9 Å². The number of sulfonamides is 1. The normalized spacial score (nSPS) is 15.3. The molecule has 6 nitrogen and oxygen atoms in total. The highest BCUT2D eigenvalue weighted by atomic mass is 32.2. The zero-order valence-electron chi connectivity index (χ0n) is 17.2. The van der Waals surface area contributed by atoms with Gasteiger partial charge in [-0.15, -0.1) is 11.3 Å². The van der Waals surface area contributed by atoms with Crippen LogP contribution in [0.25, 0.3) is 0 Å². The predicted molar refractivity (Wildman–Crippen MR) is 118 cm³/mol. The molecule has 3 rings (SSSR count). The fourth-order valence-electron chi connectivity index (χ4n) is 3.39. The van der Waals surface area contributed by atoms with Crippen LogP contribution < -0.4 is 5.32 Å². The van der Waals surface area contributed by atoms with Gasteiger partial charge in [0.15, 0.2) is 0 Å². The molecule has 1 aromatic carbocycles. The number of nitrogens with one attached hydrogen (secondary N) is 1. The summed E-state index contributed by atoms with van der Waals surface area (Å²) in [7, 11) is -3.50. The molecule has 1 amide bonds. The number of thiophene rings is 1. The van der Waals surface area contributed by atoms with E-state index in [2.05, 4.69) is 43.1 Å².